The topological polar surface area (TPSA) is 50.2 Å². The number of rotatable bonds is 7. The predicted octanol–water partition coefficient (Wildman–Crippen LogP) is 5.10. The number of H-pyrrole nitrogens is 1. The molecule has 138 valence electrons. The van der Waals surface area contributed by atoms with Crippen molar-refractivity contribution in [3.8, 4) is 21.6 Å². The molecule has 1 N–H and O–H groups in total. The molecular weight excluding hydrogens is 374 g/mol. The largest absolute Gasteiger partial charge is 0.343 e. The zero-order valence-corrected chi connectivity index (χ0v) is 16.8. The number of thioether (sulfide) groups is 1. The lowest BCUT2D eigenvalue weighted by molar-refractivity contribution is 0.844. The Bertz CT molecular complexity index is 1100. The first-order valence-electron chi connectivity index (χ1n) is 9.08. The molecule has 4 rings (SSSR count). The lowest BCUT2D eigenvalue weighted by atomic mass is 10.1. The van der Waals surface area contributed by atoms with Gasteiger partial charge in [0, 0.05) is 16.6 Å². The highest BCUT2D eigenvalue weighted by Crippen LogP contribution is 2.34. The van der Waals surface area contributed by atoms with E-state index in [9.17, 15) is 4.79 Å². The van der Waals surface area contributed by atoms with Crippen LogP contribution in [0.15, 0.2) is 58.8 Å². The van der Waals surface area contributed by atoms with Crippen molar-refractivity contribution in [2.24, 2.45) is 0 Å². The smallest absolute Gasteiger partial charge is 0.274 e. The van der Waals surface area contributed by atoms with Crippen molar-refractivity contribution in [2.45, 2.75) is 19.8 Å². The van der Waals surface area contributed by atoms with Gasteiger partial charge in [0.2, 0.25) is 0 Å². The molecule has 0 amide bonds. The lowest BCUT2D eigenvalue weighted by Gasteiger charge is -2.04. The first kappa shape index (κ1) is 18.1. The van der Waals surface area contributed by atoms with Crippen LogP contribution in [-0.2, 0) is 6.42 Å². The van der Waals surface area contributed by atoms with Crippen LogP contribution in [0.5, 0.6) is 0 Å². The Morgan fingerprint density at radius 2 is 2.04 bits per heavy atom. The normalized spacial score (nSPS) is 11.3. The number of nitrogens with zero attached hydrogens (tertiary/aromatic N) is 2. The summed E-state index contributed by atoms with van der Waals surface area (Å²) in [6.45, 7) is 2.17. The molecule has 0 aliphatic heterocycles. The molecule has 0 aliphatic rings. The molecule has 3 heterocycles. The van der Waals surface area contributed by atoms with Gasteiger partial charge in [-0.05, 0) is 46.9 Å². The van der Waals surface area contributed by atoms with Crippen LogP contribution in [0.25, 0.3) is 27.2 Å². The van der Waals surface area contributed by atoms with Crippen molar-refractivity contribution in [1.82, 2.24) is 14.6 Å². The van der Waals surface area contributed by atoms with E-state index in [4.69, 9.17) is 0 Å². The lowest BCUT2D eigenvalue weighted by Crippen LogP contribution is -2.15. The summed E-state index contributed by atoms with van der Waals surface area (Å²) in [7, 11) is 0. The Kier molecular flexibility index (Phi) is 5.45. The molecule has 0 atom stereocenters. The summed E-state index contributed by atoms with van der Waals surface area (Å²) < 4.78 is 1.46. The molecular formula is C21H21N3OS2. The number of hydrogen-bond donors (Lipinski definition) is 1. The van der Waals surface area contributed by atoms with Gasteiger partial charge in [-0.25, -0.2) is 0 Å². The first-order chi connectivity index (χ1) is 13.3. The van der Waals surface area contributed by atoms with Crippen LogP contribution in [0.1, 0.15) is 19.0 Å². The van der Waals surface area contributed by atoms with E-state index in [-0.39, 0.29) is 5.56 Å². The van der Waals surface area contributed by atoms with E-state index >= 15 is 0 Å². The van der Waals surface area contributed by atoms with Gasteiger partial charge < -0.3 is 4.98 Å². The van der Waals surface area contributed by atoms with Crippen molar-refractivity contribution in [3.63, 3.8) is 0 Å². The van der Waals surface area contributed by atoms with Crippen LogP contribution in [0, 0.1) is 0 Å². The van der Waals surface area contributed by atoms with E-state index in [1.54, 1.807) is 23.6 Å². The molecule has 0 bridgehead atoms. The molecule has 27 heavy (non-hydrogen) atoms. The summed E-state index contributed by atoms with van der Waals surface area (Å²) in [4.78, 5) is 17.0. The van der Waals surface area contributed by atoms with Crippen LogP contribution in [0.2, 0.25) is 0 Å². The summed E-state index contributed by atoms with van der Waals surface area (Å²) in [5.41, 5.74) is 5.04. The molecule has 3 aromatic heterocycles. The number of hydrogen-bond acceptors (Lipinski definition) is 4. The van der Waals surface area contributed by atoms with Gasteiger partial charge in [-0.15, -0.1) is 11.3 Å². The number of nitrogens with one attached hydrogen (secondary N) is 1. The Labute approximate surface area is 166 Å². The van der Waals surface area contributed by atoms with Crippen molar-refractivity contribution < 1.29 is 0 Å². The number of aromatic nitrogens is 3. The molecule has 0 aliphatic carbocycles. The van der Waals surface area contributed by atoms with E-state index in [0.717, 1.165) is 46.1 Å². The van der Waals surface area contributed by atoms with E-state index in [1.165, 1.54) is 15.6 Å². The van der Waals surface area contributed by atoms with Gasteiger partial charge >= 0.3 is 0 Å². The fourth-order valence-electron chi connectivity index (χ4n) is 3.12. The van der Waals surface area contributed by atoms with Crippen molar-refractivity contribution >= 4 is 28.7 Å². The molecule has 0 fully saturated rings. The first-order valence-corrected chi connectivity index (χ1v) is 11.1. The second kappa shape index (κ2) is 8.15. The summed E-state index contributed by atoms with van der Waals surface area (Å²) >= 11 is 3.60. The molecule has 0 saturated carbocycles. The molecule has 0 spiro atoms. The van der Waals surface area contributed by atoms with Gasteiger partial charge in [-0.2, -0.15) is 21.4 Å². The minimum Gasteiger partial charge on any atom is -0.343 e. The van der Waals surface area contributed by atoms with E-state index in [2.05, 4.69) is 40.6 Å². The number of benzene rings is 1. The van der Waals surface area contributed by atoms with Gasteiger partial charge in [0.05, 0.1) is 11.8 Å². The zero-order chi connectivity index (χ0) is 18.6. The number of fused-ring (bicyclic) bond motifs is 1. The molecule has 0 radical (unpaired) electrons. The fraction of sp³-hybridized carbons (Fsp3) is 0.238. The summed E-state index contributed by atoms with van der Waals surface area (Å²) in [6, 6.07) is 14.2. The number of thiophene rings is 1. The summed E-state index contributed by atoms with van der Waals surface area (Å²) in [5, 5.41) is 6.45. The molecule has 0 saturated heterocycles. The highest BCUT2D eigenvalue weighted by Gasteiger charge is 2.13. The van der Waals surface area contributed by atoms with Crippen molar-refractivity contribution in [1.29, 1.82) is 0 Å². The van der Waals surface area contributed by atoms with Gasteiger partial charge in [-0.1, -0.05) is 37.3 Å². The third-order valence-electron chi connectivity index (χ3n) is 4.47. The number of aromatic amines is 1. The molecule has 4 aromatic rings. The fourth-order valence-corrected chi connectivity index (χ4v) is 4.68. The maximum atomic E-state index is 12.4. The van der Waals surface area contributed by atoms with Crippen LogP contribution in [0.4, 0.5) is 0 Å². The second-order valence-corrected chi connectivity index (χ2v) is 8.62. The Hall–Kier alpha value is -2.31. The van der Waals surface area contributed by atoms with Crippen molar-refractivity contribution in [3.05, 3.63) is 70.1 Å². The Morgan fingerprint density at radius 1 is 1.19 bits per heavy atom. The molecule has 6 heteroatoms. The third kappa shape index (κ3) is 3.87. The van der Waals surface area contributed by atoms with E-state index in [0.29, 0.717) is 0 Å². The average Bonchev–Trinajstić information content (AvgIpc) is 3.33. The monoisotopic (exact) mass is 395 g/mol. The second-order valence-electron chi connectivity index (χ2n) is 6.32. The maximum Gasteiger partial charge on any atom is 0.274 e. The minimum atomic E-state index is -0.0759. The highest BCUT2D eigenvalue weighted by atomic mass is 32.2. The molecule has 0 unspecified atom stereocenters. The van der Waals surface area contributed by atoms with E-state index < -0.39 is 0 Å². The molecule has 1 aromatic carbocycles. The zero-order valence-electron chi connectivity index (χ0n) is 15.1. The predicted molar refractivity (Wildman–Crippen MR) is 116 cm³/mol. The summed E-state index contributed by atoms with van der Waals surface area (Å²) in [5.74, 6) is 2.24. The Balaban J connectivity index is 1.67. The third-order valence-corrected chi connectivity index (χ3v) is 6.41. The average molecular weight is 396 g/mol. The van der Waals surface area contributed by atoms with E-state index in [1.807, 2.05) is 30.0 Å². The van der Waals surface area contributed by atoms with Gasteiger partial charge in [0.1, 0.15) is 5.65 Å². The van der Waals surface area contributed by atoms with Crippen LogP contribution in [0.3, 0.4) is 0 Å². The maximum absolute atomic E-state index is 12.4. The van der Waals surface area contributed by atoms with Gasteiger partial charge in [0.25, 0.3) is 5.56 Å². The Morgan fingerprint density at radius 3 is 2.85 bits per heavy atom. The van der Waals surface area contributed by atoms with Crippen molar-refractivity contribution in [2.75, 3.05) is 11.5 Å². The highest BCUT2D eigenvalue weighted by molar-refractivity contribution is 7.99. The summed E-state index contributed by atoms with van der Waals surface area (Å²) in [6.07, 6.45) is 3.72. The van der Waals surface area contributed by atoms with Crippen LogP contribution in [-0.4, -0.2) is 26.1 Å². The quantitative estimate of drug-likeness (QED) is 0.443. The SMILES string of the molecule is CCSCCCc1cc(=O)n2ncc(-c3cc(-c4ccccc4)cs3)c2[nH]1. The molecule has 4 nitrogen and oxygen atoms in total. The van der Waals surface area contributed by atoms with Crippen LogP contribution < -0.4 is 5.56 Å². The van der Waals surface area contributed by atoms with Gasteiger partial charge in [-0.3, -0.25) is 4.79 Å². The van der Waals surface area contributed by atoms with Gasteiger partial charge in [0.15, 0.2) is 0 Å². The standard InChI is InChI=1S/C21H21N3OS2/c1-2-26-10-6-9-17-12-20(25)24-21(23-17)18(13-22-24)19-11-16(14-27-19)15-7-4-3-5-8-15/h3-5,7-8,11-14,23H,2,6,9-10H2,1H3. The van der Waals surface area contributed by atoms with Crippen LogP contribution >= 0.6 is 23.1 Å². The number of aryl methyl sites for hydroxylation is 1. The minimum absolute atomic E-state index is 0.0759.